The molecule has 1 fully saturated rings. The van der Waals surface area contributed by atoms with Gasteiger partial charge in [0.1, 0.15) is 0 Å². The number of aryl methyl sites for hydroxylation is 1. The maximum Gasteiger partial charge on any atom is 0.330 e. The van der Waals surface area contributed by atoms with Crippen molar-refractivity contribution in [1.82, 2.24) is 13.4 Å². The summed E-state index contributed by atoms with van der Waals surface area (Å²) >= 11 is 0. The molecule has 1 saturated heterocycles. The molecule has 0 spiro atoms. The molecule has 2 atom stereocenters. The highest BCUT2D eigenvalue weighted by atomic mass is 32.2. The van der Waals surface area contributed by atoms with Crippen molar-refractivity contribution in [2.24, 2.45) is 25.9 Å². The zero-order valence-corrected chi connectivity index (χ0v) is 14.8. The molecule has 0 saturated carbocycles. The Kier molecular flexibility index (Phi) is 4.33. The Labute approximate surface area is 135 Å². The molecule has 2 heterocycles. The summed E-state index contributed by atoms with van der Waals surface area (Å²) in [6, 6.07) is 0. The monoisotopic (exact) mass is 345 g/mol. The molecule has 0 unspecified atom stereocenters. The first-order valence-electron chi connectivity index (χ1n) is 7.42. The van der Waals surface area contributed by atoms with Gasteiger partial charge in [0.05, 0.1) is 5.60 Å². The largest absolute Gasteiger partial charge is 0.388 e. The van der Waals surface area contributed by atoms with Gasteiger partial charge in [-0.2, -0.15) is 4.31 Å². The molecule has 0 aromatic carbocycles. The second kappa shape index (κ2) is 5.57. The van der Waals surface area contributed by atoms with Crippen molar-refractivity contribution < 1.29 is 13.5 Å². The minimum atomic E-state index is -4.09. The van der Waals surface area contributed by atoms with Crippen molar-refractivity contribution >= 4 is 10.0 Å². The molecule has 1 aromatic heterocycles. The Morgan fingerprint density at radius 3 is 2.35 bits per heavy atom. The summed E-state index contributed by atoms with van der Waals surface area (Å²) in [5.74, 6) is -0.380. The number of aliphatic hydroxyl groups is 1. The van der Waals surface area contributed by atoms with Crippen LogP contribution in [0.2, 0.25) is 0 Å². The molecule has 0 aliphatic carbocycles. The van der Waals surface area contributed by atoms with Crippen molar-refractivity contribution in [3.8, 4) is 0 Å². The minimum Gasteiger partial charge on any atom is -0.388 e. The Morgan fingerprint density at radius 1 is 1.30 bits per heavy atom. The van der Waals surface area contributed by atoms with Gasteiger partial charge in [0.2, 0.25) is 10.0 Å². The molecule has 130 valence electrons. The number of nitrogens with zero attached hydrogens (tertiary/aromatic N) is 3. The van der Waals surface area contributed by atoms with E-state index in [4.69, 9.17) is 0 Å². The fraction of sp³-hybridized carbons (Fsp3) is 0.714. The Balaban J connectivity index is 2.54. The van der Waals surface area contributed by atoms with E-state index < -0.39 is 31.8 Å². The average Bonchev–Trinajstić information content (AvgIpc) is 2.78. The zero-order valence-electron chi connectivity index (χ0n) is 14.0. The average molecular weight is 345 g/mol. The van der Waals surface area contributed by atoms with Gasteiger partial charge in [-0.25, -0.2) is 13.2 Å². The first-order valence-corrected chi connectivity index (χ1v) is 8.86. The second-order valence-electron chi connectivity index (χ2n) is 6.60. The van der Waals surface area contributed by atoms with E-state index in [0.717, 1.165) is 19.6 Å². The van der Waals surface area contributed by atoms with Crippen LogP contribution < -0.4 is 11.2 Å². The van der Waals surface area contributed by atoms with Crippen LogP contribution in [0.25, 0.3) is 0 Å². The molecular formula is C14H23N3O5S. The van der Waals surface area contributed by atoms with E-state index in [1.54, 1.807) is 6.92 Å². The number of rotatable bonds is 3. The van der Waals surface area contributed by atoms with Crippen LogP contribution in [0.15, 0.2) is 20.7 Å². The van der Waals surface area contributed by atoms with Crippen LogP contribution in [-0.4, -0.2) is 45.7 Å². The van der Waals surface area contributed by atoms with Gasteiger partial charge in [-0.05, 0) is 5.92 Å². The van der Waals surface area contributed by atoms with E-state index in [-0.39, 0.29) is 24.9 Å². The molecule has 9 heteroatoms. The third-order valence-electron chi connectivity index (χ3n) is 4.79. The Morgan fingerprint density at radius 2 is 1.87 bits per heavy atom. The Hall–Kier alpha value is -1.45. The van der Waals surface area contributed by atoms with Gasteiger partial charge in [-0.15, -0.1) is 0 Å². The lowest BCUT2D eigenvalue weighted by Crippen LogP contribution is -2.45. The van der Waals surface area contributed by atoms with E-state index in [0.29, 0.717) is 0 Å². The smallest absolute Gasteiger partial charge is 0.330 e. The number of hydrogen-bond acceptors (Lipinski definition) is 5. The highest BCUT2D eigenvalue weighted by molar-refractivity contribution is 7.89. The topological polar surface area (TPSA) is 102 Å². The first kappa shape index (κ1) is 17.9. The van der Waals surface area contributed by atoms with Crippen molar-refractivity contribution in [2.45, 2.75) is 31.3 Å². The standard InChI is InChI=1S/C14H23N3O5S/c1-9(2)14(20)8-17(6-10(14)3)23(21,22)11-7-15(4)13(19)16(5)12(11)18/h7,9-10,20H,6,8H2,1-5H3/t10-,14-/m1/s1. The molecule has 0 radical (unpaired) electrons. The quantitative estimate of drug-likeness (QED) is 0.766. The number of sulfonamides is 1. The van der Waals surface area contributed by atoms with Crippen molar-refractivity contribution in [3.63, 3.8) is 0 Å². The van der Waals surface area contributed by atoms with Crippen LogP contribution in [-0.2, 0) is 24.1 Å². The summed E-state index contributed by atoms with van der Waals surface area (Å²) in [7, 11) is -1.46. The predicted octanol–water partition coefficient (Wildman–Crippen LogP) is -0.888. The maximum absolute atomic E-state index is 12.8. The van der Waals surface area contributed by atoms with Gasteiger partial charge in [0, 0.05) is 39.3 Å². The van der Waals surface area contributed by atoms with Gasteiger partial charge >= 0.3 is 5.69 Å². The molecule has 2 rings (SSSR count). The normalized spacial score (nSPS) is 26.1. The lowest BCUT2D eigenvalue weighted by Gasteiger charge is -2.31. The van der Waals surface area contributed by atoms with Crippen LogP contribution in [0, 0.1) is 11.8 Å². The fourth-order valence-electron chi connectivity index (χ4n) is 2.99. The summed E-state index contributed by atoms with van der Waals surface area (Å²) in [6.07, 6.45) is 1.04. The summed E-state index contributed by atoms with van der Waals surface area (Å²) in [5.41, 5.74) is -2.60. The lowest BCUT2D eigenvalue weighted by molar-refractivity contribution is -0.0222. The van der Waals surface area contributed by atoms with Crippen LogP contribution in [0.4, 0.5) is 0 Å². The molecule has 1 aliphatic heterocycles. The molecule has 1 N–H and O–H groups in total. The maximum atomic E-state index is 12.8. The van der Waals surface area contributed by atoms with E-state index >= 15 is 0 Å². The molecule has 1 aromatic rings. The van der Waals surface area contributed by atoms with E-state index in [1.165, 1.54) is 14.1 Å². The van der Waals surface area contributed by atoms with E-state index in [9.17, 15) is 23.1 Å². The first-order chi connectivity index (χ1) is 10.4. The SMILES string of the molecule is CC(C)[C@]1(O)CN(S(=O)(=O)c2cn(C)c(=O)n(C)c2=O)C[C@H]1C. The molecule has 8 nitrogen and oxygen atoms in total. The summed E-state index contributed by atoms with van der Waals surface area (Å²) in [6.45, 7) is 5.51. The third kappa shape index (κ3) is 2.66. The van der Waals surface area contributed by atoms with Crippen LogP contribution in [0.5, 0.6) is 0 Å². The molecule has 23 heavy (non-hydrogen) atoms. The molecular weight excluding hydrogens is 322 g/mol. The highest BCUT2D eigenvalue weighted by Crippen LogP contribution is 2.36. The van der Waals surface area contributed by atoms with Crippen LogP contribution in [0.3, 0.4) is 0 Å². The number of aromatic nitrogens is 2. The van der Waals surface area contributed by atoms with Crippen LogP contribution >= 0.6 is 0 Å². The summed E-state index contributed by atoms with van der Waals surface area (Å²) in [5, 5.41) is 10.7. The minimum absolute atomic E-state index is 0.0693. The summed E-state index contributed by atoms with van der Waals surface area (Å²) < 4.78 is 28.6. The van der Waals surface area contributed by atoms with Crippen molar-refractivity contribution in [1.29, 1.82) is 0 Å². The zero-order chi connectivity index (χ0) is 17.7. The van der Waals surface area contributed by atoms with E-state index in [1.807, 2.05) is 13.8 Å². The molecule has 0 bridgehead atoms. The third-order valence-corrected chi connectivity index (χ3v) is 6.59. The van der Waals surface area contributed by atoms with Gasteiger partial charge in [0.25, 0.3) is 5.56 Å². The molecule has 0 amide bonds. The van der Waals surface area contributed by atoms with Gasteiger partial charge in [-0.3, -0.25) is 9.36 Å². The lowest BCUT2D eigenvalue weighted by atomic mass is 9.82. The van der Waals surface area contributed by atoms with Crippen LogP contribution in [0.1, 0.15) is 20.8 Å². The number of hydrogen-bond donors (Lipinski definition) is 1. The molecule has 1 aliphatic rings. The van der Waals surface area contributed by atoms with Gasteiger partial charge in [0.15, 0.2) is 4.90 Å². The Bertz CT molecular complexity index is 839. The van der Waals surface area contributed by atoms with Gasteiger partial charge in [-0.1, -0.05) is 20.8 Å². The predicted molar refractivity (Wildman–Crippen MR) is 84.6 cm³/mol. The number of β-amino-alcohol motifs (C(OH)–C–C–N with tert-alkyl or cyclic N) is 1. The van der Waals surface area contributed by atoms with Gasteiger partial charge < -0.3 is 9.67 Å². The highest BCUT2D eigenvalue weighted by Gasteiger charge is 2.49. The van der Waals surface area contributed by atoms with Crippen molar-refractivity contribution in [2.75, 3.05) is 13.1 Å². The second-order valence-corrected chi connectivity index (χ2v) is 8.50. The van der Waals surface area contributed by atoms with Crippen molar-refractivity contribution in [3.05, 3.63) is 27.0 Å². The fourth-order valence-corrected chi connectivity index (χ4v) is 4.72. The summed E-state index contributed by atoms with van der Waals surface area (Å²) in [4.78, 5) is 23.5. The van der Waals surface area contributed by atoms with E-state index in [2.05, 4.69) is 0 Å².